The minimum atomic E-state index is -0.818. The largest absolute Gasteiger partial charge is 0.433 e. The van der Waals surface area contributed by atoms with Gasteiger partial charge in [-0.3, -0.25) is 15.0 Å². The molecule has 1 atom stereocenters. The number of hydrazine groups is 1. The highest BCUT2D eigenvalue weighted by Crippen LogP contribution is 2.09. The van der Waals surface area contributed by atoms with E-state index in [2.05, 4.69) is 10.7 Å². The monoisotopic (exact) mass is 355 g/mol. The molecule has 0 radical (unpaired) electrons. The van der Waals surface area contributed by atoms with Crippen LogP contribution < -0.4 is 15.5 Å². The zero-order chi connectivity index (χ0) is 18.9. The number of rotatable bonds is 5. The SMILES string of the molecule is CC(=O)N[C@@H](Cc1ccccc1)C(=O)NN(C)C(=O)Oc1ccccc1. The number of para-hydroxylation sites is 1. The number of nitrogens with zero attached hydrogens (tertiary/aromatic N) is 1. The average Bonchev–Trinajstić information content (AvgIpc) is 2.62. The van der Waals surface area contributed by atoms with Crippen LogP contribution in [0.4, 0.5) is 4.79 Å². The highest BCUT2D eigenvalue weighted by atomic mass is 16.6. The molecule has 0 fully saturated rings. The maximum atomic E-state index is 12.5. The van der Waals surface area contributed by atoms with Crippen molar-refractivity contribution in [2.24, 2.45) is 0 Å². The number of carbonyl (C=O) groups excluding carboxylic acids is 3. The molecule has 3 amide bonds. The summed E-state index contributed by atoms with van der Waals surface area (Å²) < 4.78 is 5.14. The molecule has 26 heavy (non-hydrogen) atoms. The number of ether oxygens (including phenoxy) is 1. The van der Waals surface area contributed by atoms with Gasteiger partial charge in [-0.25, -0.2) is 9.80 Å². The van der Waals surface area contributed by atoms with Crippen LogP contribution in [0.15, 0.2) is 60.7 Å². The van der Waals surface area contributed by atoms with E-state index in [-0.39, 0.29) is 5.91 Å². The summed E-state index contributed by atoms with van der Waals surface area (Å²) in [4.78, 5) is 35.9. The van der Waals surface area contributed by atoms with E-state index in [0.717, 1.165) is 10.6 Å². The fourth-order valence-electron chi connectivity index (χ4n) is 2.25. The molecule has 0 spiro atoms. The van der Waals surface area contributed by atoms with Crippen molar-refractivity contribution in [3.8, 4) is 5.75 Å². The lowest BCUT2D eigenvalue weighted by atomic mass is 10.1. The van der Waals surface area contributed by atoms with Crippen molar-refractivity contribution in [3.05, 3.63) is 66.2 Å². The summed E-state index contributed by atoms with van der Waals surface area (Å²) >= 11 is 0. The molecule has 2 aromatic carbocycles. The van der Waals surface area contributed by atoms with Crippen LogP contribution in [0, 0.1) is 0 Å². The van der Waals surface area contributed by atoms with Crippen LogP contribution in [-0.4, -0.2) is 36.0 Å². The van der Waals surface area contributed by atoms with Gasteiger partial charge in [-0.2, -0.15) is 0 Å². The quantitative estimate of drug-likeness (QED) is 0.802. The smallest absolute Gasteiger partial charge is 0.409 e. The topological polar surface area (TPSA) is 87.7 Å². The van der Waals surface area contributed by atoms with Gasteiger partial charge in [0.2, 0.25) is 5.91 Å². The zero-order valence-corrected chi connectivity index (χ0v) is 14.6. The predicted molar refractivity (Wildman–Crippen MR) is 96.1 cm³/mol. The van der Waals surface area contributed by atoms with E-state index in [9.17, 15) is 14.4 Å². The van der Waals surface area contributed by atoms with Crippen LogP contribution in [0.5, 0.6) is 5.75 Å². The molecule has 0 aliphatic carbocycles. The Bertz CT molecular complexity index is 750. The van der Waals surface area contributed by atoms with E-state index in [1.165, 1.54) is 14.0 Å². The van der Waals surface area contributed by atoms with Gasteiger partial charge >= 0.3 is 6.09 Å². The lowest BCUT2D eigenvalue weighted by molar-refractivity contribution is -0.130. The second-order valence-electron chi connectivity index (χ2n) is 5.66. The molecule has 0 unspecified atom stereocenters. The van der Waals surface area contributed by atoms with Gasteiger partial charge in [-0.1, -0.05) is 48.5 Å². The molecule has 136 valence electrons. The van der Waals surface area contributed by atoms with E-state index in [1.54, 1.807) is 30.3 Å². The van der Waals surface area contributed by atoms with Gasteiger partial charge in [-0.05, 0) is 17.7 Å². The van der Waals surface area contributed by atoms with Crippen LogP contribution in [0.2, 0.25) is 0 Å². The van der Waals surface area contributed by atoms with Crippen molar-refractivity contribution >= 4 is 17.9 Å². The maximum absolute atomic E-state index is 12.5. The molecular formula is C19H21N3O4. The van der Waals surface area contributed by atoms with Gasteiger partial charge < -0.3 is 10.1 Å². The van der Waals surface area contributed by atoms with Crippen LogP contribution >= 0.6 is 0 Å². The number of carbonyl (C=O) groups is 3. The molecule has 7 nitrogen and oxygen atoms in total. The van der Waals surface area contributed by atoms with Gasteiger partial charge in [0.05, 0.1) is 0 Å². The third-order valence-corrected chi connectivity index (χ3v) is 3.48. The summed E-state index contributed by atoms with van der Waals surface area (Å²) in [5.74, 6) is -0.492. The normalized spacial score (nSPS) is 11.2. The molecule has 0 bridgehead atoms. The van der Waals surface area contributed by atoms with Crippen LogP contribution in [-0.2, 0) is 16.0 Å². The standard InChI is InChI=1S/C19H21N3O4/c1-14(23)20-17(13-15-9-5-3-6-10-15)18(24)21-22(2)19(25)26-16-11-7-4-8-12-16/h3-12,17H,13H2,1-2H3,(H,20,23)(H,21,24)/t17-/m0/s1. The van der Waals surface area contributed by atoms with E-state index < -0.39 is 18.0 Å². The van der Waals surface area contributed by atoms with Gasteiger partial charge in [0.25, 0.3) is 5.91 Å². The van der Waals surface area contributed by atoms with Crippen molar-refractivity contribution in [1.29, 1.82) is 0 Å². The maximum Gasteiger partial charge on any atom is 0.433 e. The van der Waals surface area contributed by atoms with E-state index in [1.807, 2.05) is 30.3 Å². The Hall–Kier alpha value is -3.35. The summed E-state index contributed by atoms with van der Waals surface area (Å²) in [6, 6.07) is 17.0. The second kappa shape index (κ2) is 9.22. The van der Waals surface area contributed by atoms with E-state index in [4.69, 9.17) is 4.74 Å². The number of nitrogens with one attached hydrogen (secondary N) is 2. The third-order valence-electron chi connectivity index (χ3n) is 3.48. The fraction of sp³-hybridized carbons (Fsp3) is 0.211. The summed E-state index contributed by atoms with van der Waals surface area (Å²) in [5, 5.41) is 3.53. The molecule has 0 saturated carbocycles. The van der Waals surface area contributed by atoms with E-state index >= 15 is 0 Å². The fourth-order valence-corrected chi connectivity index (χ4v) is 2.25. The number of hydrogen-bond donors (Lipinski definition) is 2. The molecule has 2 N–H and O–H groups in total. The molecule has 0 aliphatic rings. The molecule has 2 rings (SSSR count). The minimum Gasteiger partial charge on any atom is -0.409 e. The Balaban J connectivity index is 1.98. The number of benzene rings is 2. The molecule has 0 saturated heterocycles. The Kier molecular flexibility index (Phi) is 6.73. The van der Waals surface area contributed by atoms with Crippen molar-refractivity contribution in [2.75, 3.05) is 7.05 Å². The summed E-state index contributed by atoms with van der Waals surface area (Å²) in [6.45, 7) is 1.33. The van der Waals surface area contributed by atoms with Crippen LogP contribution in [0.25, 0.3) is 0 Å². The molecule has 0 aromatic heterocycles. The minimum absolute atomic E-state index is 0.299. The predicted octanol–water partition coefficient (Wildman–Crippen LogP) is 1.90. The second-order valence-corrected chi connectivity index (χ2v) is 5.66. The molecular weight excluding hydrogens is 334 g/mol. The van der Waals surface area contributed by atoms with Crippen molar-refractivity contribution in [2.45, 2.75) is 19.4 Å². The first-order chi connectivity index (χ1) is 12.5. The van der Waals surface area contributed by atoms with Crippen LogP contribution in [0.3, 0.4) is 0 Å². The van der Waals surface area contributed by atoms with Gasteiger partial charge in [-0.15, -0.1) is 0 Å². The number of amides is 3. The van der Waals surface area contributed by atoms with Gasteiger partial charge in [0.1, 0.15) is 11.8 Å². The Morgan fingerprint density at radius 3 is 2.15 bits per heavy atom. The lowest BCUT2D eigenvalue weighted by Crippen LogP contribution is -2.53. The number of hydrogen-bond acceptors (Lipinski definition) is 4. The Labute approximate surface area is 151 Å². The summed E-state index contributed by atoms with van der Waals surface area (Å²) in [6.07, 6.45) is -0.445. The first-order valence-electron chi connectivity index (χ1n) is 8.08. The first-order valence-corrected chi connectivity index (χ1v) is 8.08. The first kappa shape index (κ1) is 19.0. The molecule has 7 heteroatoms. The van der Waals surface area contributed by atoms with Crippen molar-refractivity contribution in [3.63, 3.8) is 0 Å². The summed E-state index contributed by atoms with van der Waals surface area (Å²) in [7, 11) is 1.37. The lowest BCUT2D eigenvalue weighted by Gasteiger charge is -2.22. The molecule has 2 aromatic rings. The molecule has 0 aliphatic heterocycles. The van der Waals surface area contributed by atoms with Crippen molar-refractivity contribution < 1.29 is 19.1 Å². The van der Waals surface area contributed by atoms with Gasteiger partial charge in [0, 0.05) is 20.4 Å². The Morgan fingerprint density at radius 2 is 1.58 bits per heavy atom. The summed E-state index contributed by atoms with van der Waals surface area (Å²) in [5.41, 5.74) is 3.32. The van der Waals surface area contributed by atoms with E-state index in [0.29, 0.717) is 12.2 Å². The van der Waals surface area contributed by atoms with Crippen LogP contribution in [0.1, 0.15) is 12.5 Å². The zero-order valence-electron chi connectivity index (χ0n) is 14.6. The van der Waals surface area contributed by atoms with Gasteiger partial charge in [0.15, 0.2) is 0 Å². The highest BCUT2D eigenvalue weighted by Gasteiger charge is 2.23. The molecule has 0 heterocycles. The Morgan fingerprint density at radius 1 is 1.00 bits per heavy atom. The third kappa shape index (κ3) is 5.94. The van der Waals surface area contributed by atoms with Crippen molar-refractivity contribution in [1.82, 2.24) is 15.8 Å². The average molecular weight is 355 g/mol. The highest BCUT2D eigenvalue weighted by molar-refractivity contribution is 5.88.